The fourth-order valence-corrected chi connectivity index (χ4v) is 5.21. The molecule has 2 heterocycles. The highest BCUT2D eigenvalue weighted by Crippen LogP contribution is 2.28. The van der Waals surface area contributed by atoms with Gasteiger partial charge in [0.25, 0.3) is 0 Å². The summed E-state index contributed by atoms with van der Waals surface area (Å²) in [6.45, 7) is 1.46. The lowest BCUT2D eigenvalue weighted by atomic mass is 10.1. The molecule has 0 atom stereocenters. The third kappa shape index (κ3) is 3.62. The van der Waals surface area contributed by atoms with E-state index < -0.39 is 10.0 Å². The number of fused-ring (bicyclic) bond motifs is 1. The molecule has 0 unspecified atom stereocenters. The van der Waals surface area contributed by atoms with Crippen molar-refractivity contribution in [2.45, 2.75) is 24.2 Å². The molecule has 0 radical (unpaired) electrons. The first-order valence-corrected chi connectivity index (χ1v) is 10.8. The second-order valence-corrected chi connectivity index (χ2v) is 9.00. The summed E-state index contributed by atoms with van der Waals surface area (Å²) in [5, 5.41) is 2.82. The maximum absolute atomic E-state index is 14.0. The number of sulfonamides is 1. The molecule has 8 heteroatoms. The number of halogens is 1. The molecule has 0 aromatic heterocycles. The summed E-state index contributed by atoms with van der Waals surface area (Å²) >= 11 is 0. The summed E-state index contributed by atoms with van der Waals surface area (Å²) in [7, 11) is -3.64. The fraction of sp³-hybridized carbons (Fsp3) is 0.350. The first-order chi connectivity index (χ1) is 13.4. The number of aryl methyl sites for hydroxylation is 1. The number of rotatable bonds is 3. The lowest BCUT2D eigenvalue weighted by Gasteiger charge is -2.35. The molecule has 0 aliphatic carbocycles. The van der Waals surface area contributed by atoms with E-state index in [9.17, 15) is 17.6 Å². The molecule has 148 valence electrons. The highest BCUT2D eigenvalue weighted by molar-refractivity contribution is 7.89. The van der Waals surface area contributed by atoms with Gasteiger partial charge in [0.2, 0.25) is 15.9 Å². The quantitative estimate of drug-likeness (QED) is 0.855. The molecule has 1 fully saturated rings. The fourth-order valence-electron chi connectivity index (χ4n) is 3.74. The van der Waals surface area contributed by atoms with Crippen LogP contribution in [0.5, 0.6) is 0 Å². The number of carbonyl (C=O) groups excluding carboxylic acids is 1. The highest BCUT2D eigenvalue weighted by atomic mass is 32.2. The smallest absolute Gasteiger partial charge is 0.243 e. The number of nitrogens with zero attached hydrogens (tertiary/aromatic N) is 2. The van der Waals surface area contributed by atoms with Crippen LogP contribution < -0.4 is 10.2 Å². The Morgan fingerprint density at radius 2 is 1.71 bits per heavy atom. The summed E-state index contributed by atoms with van der Waals surface area (Å²) < 4.78 is 41.6. The predicted octanol–water partition coefficient (Wildman–Crippen LogP) is 2.61. The van der Waals surface area contributed by atoms with Crippen molar-refractivity contribution in [3.05, 3.63) is 53.8 Å². The van der Waals surface area contributed by atoms with Crippen LogP contribution in [0.1, 0.15) is 18.4 Å². The third-order valence-corrected chi connectivity index (χ3v) is 7.16. The van der Waals surface area contributed by atoms with Crippen molar-refractivity contribution in [3.8, 4) is 0 Å². The van der Waals surface area contributed by atoms with Gasteiger partial charge < -0.3 is 10.2 Å². The molecule has 0 saturated carbocycles. The summed E-state index contributed by atoms with van der Waals surface area (Å²) in [6.07, 6.45) is 1.80. The number of hydrogen-bond acceptors (Lipinski definition) is 4. The monoisotopic (exact) mass is 403 g/mol. The van der Waals surface area contributed by atoms with Gasteiger partial charge in [-0.3, -0.25) is 4.79 Å². The number of benzene rings is 2. The molecule has 2 aromatic carbocycles. The van der Waals surface area contributed by atoms with E-state index in [-0.39, 0.29) is 16.6 Å². The molecule has 0 bridgehead atoms. The number of hydrogen-bond donors (Lipinski definition) is 1. The zero-order valence-corrected chi connectivity index (χ0v) is 16.2. The van der Waals surface area contributed by atoms with Gasteiger partial charge in [-0.2, -0.15) is 4.31 Å². The summed E-state index contributed by atoms with van der Waals surface area (Å²) in [5.41, 5.74) is 2.03. The van der Waals surface area contributed by atoms with Crippen LogP contribution in [0.15, 0.2) is 47.4 Å². The standard InChI is InChI=1S/C20H22FN3O3S/c21-17-5-1-2-6-19(17)23-10-12-24(13-11-23)28(26,27)16-8-9-18-15(14-16)4-3-7-20(25)22-18/h1-2,5-6,8-9,14H,3-4,7,10-13H2,(H,22,25). The van der Waals surface area contributed by atoms with E-state index in [1.165, 1.54) is 10.4 Å². The molecule has 2 aliphatic heterocycles. The number of amides is 1. The minimum absolute atomic E-state index is 0.0429. The molecular weight excluding hydrogens is 381 g/mol. The summed E-state index contributed by atoms with van der Waals surface area (Å²) in [5.74, 6) is -0.342. The number of para-hydroxylation sites is 1. The zero-order valence-electron chi connectivity index (χ0n) is 15.4. The van der Waals surface area contributed by atoms with Crippen molar-refractivity contribution in [3.63, 3.8) is 0 Å². The van der Waals surface area contributed by atoms with Crippen LogP contribution in [-0.2, 0) is 21.2 Å². The van der Waals surface area contributed by atoms with E-state index in [1.807, 2.05) is 4.90 Å². The SMILES string of the molecule is O=C1CCCc2cc(S(=O)(=O)N3CCN(c4ccccc4F)CC3)ccc2N1. The van der Waals surface area contributed by atoms with Gasteiger partial charge in [0.1, 0.15) is 5.82 Å². The predicted molar refractivity (Wildman–Crippen MR) is 105 cm³/mol. The Balaban J connectivity index is 1.51. The molecule has 0 spiro atoms. The lowest BCUT2D eigenvalue weighted by Crippen LogP contribution is -2.48. The second-order valence-electron chi connectivity index (χ2n) is 7.06. The topological polar surface area (TPSA) is 69.7 Å². The molecule has 1 saturated heterocycles. The minimum Gasteiger partial charge on any atom is -0.367 e. The lowest BCUT2D eigenvalue weighted by molar-refractivity contribution is -0.116. The molecule has 1 amide bonds. The number of piperazine rings is 1. The van der Waals surface area contributed by atoms with Gasteiger partial charge in [0, 0.05) is 38.3 Å². The zero-order chi connectivity index (χ0) is 19.7. The number of carbonyl (C=O) groups is 1. The van der Waals surface area contributed by atoms with Crippen molar-refractivity contribution >= 4 is 27.3 Å². The van der Waals surface area contributed by atoms with Gasteiger partial charge in [-0.1, -0.05) is 12.1 Å². The van der Waals surface area contributed by atoms with Gasteiger partial charge >= 0.3 is 0 Å². The molecular formula is C20H22FN3O3S. The van der Waals surface area contributed by atoms with Crippen molar-refractivity contribution < 1.29 is 17.6 Å². The Bertz CT molecular complexity index is 1000. The van der Waals surface area contributed by atoms with Gasteiger partial charge in [-0.15, -0.1) is 0 Å². The van der Waals surface area contributed by atoms with Gasteiger partial charge in [-0.25, -0.2) is 12.8 Å². The van der Waals surface area contributed by atoms with Crippen molar-refractivity contribution in [1.29, 1.82) is 0 Å². The highest BCUT2D eigenvalue weighted by Gasteiger charge is 2.30. The minimum atomic E-state index is -3.64. The van der Waals surface area contributed by atoms with Gasteiger partial charge in [0.15, 0.2) is 0 Å². The second kappa shape index (κ2) is 7.52. The van der Waals surface area contributed by atoms with Crippen molar-refractivity contribution in [2.75, 3.05) is 36.4 Å². The van der Waals surface area contributed by atoms with Crippen LogP contribution in [-0.4, -0.2) is 44.8 Å². The molecule has 1 N–H and O–H groups in total. The average Bonchev–Trinajstić information content (AvgIpc) is 2.88. The number of nitrogens with one attached hydrogen (secondary N) is 1. The molecule has 6 nitrogen and oxygen atoms in total. The van der Waals surface area contributed by atoms with Crippen LogP contribution in [0, 0.1) is 5.82 Å². The van der Waals surface area contributed by atoms with E-state index in [0.29, 0.717) is 56.8 Å². The third-order valence-electron chi connectivity index (χ3n) is 5.27. The van der Waals surface area contributed by atoms with Crippen molar-refractivity contribution in [2.24, 2.45) is 0 Å². The Morgan fingerprint density at radius 3 is 2.46 bits per heavy atom. The molecule has 2 aliphatic rings. The van der Waals surface area contributed by atoms with Crippen LogP contribution >= 0.6 is 0 Å². The molecule has 4 rings (SSSR count). The summed E-state index contributed by atoms with van der Waals surface area (Å²) in [6, 6.07) is 11.4. The molecule has 28 heavy (non-hydrogen) atoms. The van der Waals surface area contributed by atoms with Gasteiger partial charge in [0.05, 0.1) is 10.6 Å². The normalized spacial score (nSPS) is 18.3. The maximum Gasteiger partial charge on any atom is 0.243 e. The largest absolute Gasteiger partial charge is 0.367 e. The van der Waals surface area contributed by atoms with Crippen LogP contribution in [0.4, 0.5) is 15.8 Å². The van der Waals surface area contributed by atoms with E-state index >= 15 is 0 Å². The van der Waals surface area contributed by atoms with Crippen LogP contribution in [0.2, 0.25) is 0 Å². The Hall–Kier alpha value is -2.45. The summed E-state index contributed by atoms with van der Waals surface area (Å²) in [4.78, 5) is 13.8. The van der Waals surface area contributed by atoms with E-state index in [1.54, 1.807) is 36.4 Å². The van der Waals surface area contributed by atoms with Crippen LogP contribution in [0.25, 0.3) is 0 Å². The average molecular weight is 403 g/mol. The Morgan fingerprint density at radius 1 is 0.964 bits per heavy atom. The Kier molecular flexibility index (Phi) is 5.07. The maximum atomic E-state index is 14.0. The van der Waals surface area contributed by atoms with Crippen LogP contribution in [0.3, 0.4) is 0 Å². The van der Waals surface area contributed by atoms with Gasteiger partial charge in [-0.05, 0) is 48.7 Å². The Labute approximate surface area is 164 Å². The molecule has 2 aromatic rings. The van der Waals surface area contributed by atoms with E-state index in [0.717, 1.165) is 5.56 Å². The number of anilines is 2. The van der Waals surface area contributed by atoms with Crippen molar-refractivity contribution in [1.82, 2.24) is 4.31 Å². The first-order valence-electron chi connectivity index (χ1n) is 9.37. The van der Waals surface area contributed by atoms with E-state index in [4.69, 9.17) is 0 Å². The first kappa shape index (κ1) is 18.9. The van der Waals surface area contributed by atoms with E-state index in [2.05, 4.69) is 5.32 Å².